The smallest absolute Gasteiger partial charge is 0.158 e. The zero-order chi connectivity index (χ0) is 8.97. The Kier molecular flexibility index (Phi) is 3.27. The molecular formula is C11H16O. The van der Waals surface area contributed by atoms with E-state index in [9.17, 15) is 4.79 Å². The lowest BCUT2D eigenvalue weighted by molar-refractivity contribution is -0.115. The fourth-order valence-corrected chi connectivity index (χ4v) is 1.31. The van der Waals surface area contributed by atoms with E-state index in [2.05, 4.69) is 13.0 Å². The van der Waals surface area contributed by atoms with Gasteiger partial charge in [-0.25, -0.2) is 0 Å². The van der Waals surface area contributed by atoms with Gasteiger partial charge in [-0.1, -0.05) is 25.2 Å². The maximum absolute atomic E-state index is 11.4. The molecule has 0 aromatic rings. The molecular weight excluding hydrogens is 148 g/mol. The maximum Gasteiger partial charge on any atom is 0.158 e. The second kappa shape index (κ2) is 4.24. The summed E-state index contributed by atoms with van der Waals surface area (Å²) in [6, 6.07) is 0. The molecule has 0 radical (unpaired) electrons. The van der Waals surface area contributed by atoms with Gasteiger partial charge in [0.05, 0.1) is 0 Å². The van der Waals surface area contributed by atoms with Crippen LogP contribution in [0.2, 0.25) is 0 Å². The summed E-state index contributed by atoms with van der Waals surface area (Å²) in [5, 5.41) is 0. The second-order valence-corrected chi connectivity index (χ2v) is 3.58. The standard InChI is InChI=1S/C11H16O/c1-9-5-3-4-6-10(2)11(12)8-7-9/h3-4,6,9H,5,7-8H2,1-2H3. The minimum atomic E-state index is 0.299. The number of rotatable bonds is 0. The molecule has 0 aromatic heterocycles. The van der Waals surface area contributed by atoms with Crippen LogP contribution in [0.3, 0.4) is 0 Å². The lowest BCUT2D eigenvalue weighted by Crippen LogP contribution is -2.01. The van der Waals surface area contributed by atoms with Crippen LogP contribution in [0.25, 0.3) is 0 Å². The van der Waals surface area contributed by atoms with E-state index >= 15 is 0 Å². The van der Waals surface area contributed by atoms with E-state index in [1.165, 1.54) is 0 Å². The van der Waals surface area contributed by atoms with Gasteiger partial charge in [0.2, 0.25) is 0 Å². The topological polar surface area (TPSA) is 17.1 Å². The second-order valence-electron chi connectivity index (χ2n) is 3.58. The predicted octanol–water partition coefficient (Wildman–Crippen LogP) is 2.88. The molecule has 1 unspecified atom stereocenters. The van der Waals surface area contributed by atoms with Crippen LogP contribution in [-0.2, 0) is 4.79 Å². The Hall–Kier alpha value is -0.850. The number of hydrogen-bond donors (Lipinski definition) is 0. The Bertz CT molecular complexity index is 223. The third kappa shape index (κ3) is 2.65. The van der Waals surface area contributed by atoms with Crippen LogP contribution >= 0.6 is 0 Å². The summed E-state index contributed by atoms with van der Waals surface area (Å²) in [4.78, 5) is 11.4. The van der Waals surface area contributed by atoms with Crippen LogP contribution in [0.5, 0.6) is 0 Å². The lowest BCUT2D eigenvalue weighted by Gasteiger charge is -2.05. The Labute approximate surface area is 74.2 Å². The van der Waals surface area contributed by atoms with Crippen LogP contribution in [-0.4, -0.2) is 5.78 Å². The fourth-order valence-electron chi connectivity index (χ4n) is 1.31. The van der Waals surface area contributed by atoms with Gasteiger partial charge in [0, 0.05) is 6.42 Å². The van der Waals surface area contributed by atoms with Crippen molar-refractivity contribution in [3.05, 3.63) is 23.8 Å². The third-order valence-electron chi connectivity index (χ3n) is 2.32. The minimum Gasteiger partial charge on any atom is -0.295 e. The van der Waals surface area contributed by atoms with Crippen molar-refractivity contribution in [3.8, 4) is 0 Å². The van der Waals surface area contributed by atoms with Gasteiger partial charge in [-0.05, 0) is 31.3 Å². The summed E-state index contributed by atoms with van der Waals surface area (Å²) in [5.41, 5.74) is 0.889. The molecule has 0 saturated carbocycles. The summed E-state index contributed by atoms with van der Waals surface area (Å²) in [7, 11) is 0. The number of carbonyl (C=O) groups is 1. The van der Waals surface area contributed by atoms with E-state index in [-0.39, 0.29) is 0 Å². The Morgan fingerprint density at radius 2 is 2.25 bits per heavy atom. The van der Waals surface area contributed by atoms with Crippen molar-refractivity contribution >= 4 is 5.78 Å². The Morgan fingerprint density at radius 1 is 1.50 bits per heavy atom. The SMILES string of the molecule is CC1=CC=CCC(C)CCC1=O. The molecule has 0 bridgehead atoms. The van der Waals surface area contributed by atoms with Crippen LogP contribution < -0.4 is 0 Å². The highest BCUT2D eigenvalue weighted by molar-refractivity contribution is 5.94. The summed E-state index contributed by atoms with van der Waals surface area (Å²) in [6.07, 6.45) is 8.89. The molecule has 0 saturated heterocycles. The van der Waals surface area contributed by atoms with Gasteiger partial charge in [0.25, 0.3) is 0 Å². The molecule has 1 aliphatic rings. The van der Waals surface area contributed by atoms with E-state index in [4.69, 9.17) is 0 Å². The predicted molar refractivity (Wildman–Crippen MR) is 50.9 cm³/mol. The molecule has 0 N–H and O–H groups in total. The normalized spacial score (nSPS) is 25.7. The number of ketones is 1. The molecule has 1 nitrogen and oxygen atoms in total. The van der Waals surface area contributed by atoms with E-state index in [0.717, 1.165) is 18.4 Å². The van der Waals surface area contributed by atoms with Gasteiger partial charge < -0.3 is 0 Å². The van der Waals surface area contributed by atoms with Gasteiger partial charge >= 0.3 is 0 Å². The van der Waals surface area contributed by atoms with Gasteiger partial charge in [0.1, 0.15) is 0 Å². The van der Waals surface area contributed by atoms with E-state index in [0.29, 0.717) is 18.1 Å². The highest BCUT2D eigenvalue weighted by Crippen LogP contribution is 2.15. The lowest BCUT2D eigenvalue weighted by atomic mass is 9.99. The molecule has 1 aliphatic carbocycles. The molecule has 66 valence electrons. The van der Waals surface area contributed by atoms with E-state index in [1.807, 2.05) is 19.1 Å². The zero-order valence-electron chi connectivity index (χ0n) is 7.84. The number of hydrogen-bond acceptors (Lipinski definition) is 1. The molecule has 0 amide bonds. The average Bonchev–Trinajstić information content (AvgIpc) is 2.11. The van der Waals surface area contributed by atoms with Crippen molar-refractivity contribution in [2.24, 2.45) is 5.92 Å². The van der Waals surface area contributed by atoms with Crippen LogP contribution in [0.1, 0.15) is 33.1 Å². The van der Waals surface area contributed by atoms with Crippen molar-refractivity contribution in [2.75, 3.05) is 0 Å². The monoisotopic (exact) mass is 164 g/mol. The van der Waals surface area contributed by atoms with Gasteiger partial charge in [-0.2, -0.15) is 0 Å². The molecule has 0 heterocycles. The van der Waals surface area contributed by atoms with Crippen LogP contribution in [0, 0.1) is 5.92 Å². The highest BCUT2D eigenvalue weighted by Gasteiger charge is 2.08. The minimum absolute atomic E-state index is 0.299. The molecule has 1 atom stereocenters. The quantitative estimate of drug-likeness (QED) is 0.538. The molecule has 1 heteroatoms. The summed E-state index contributed by atoms with van der Waals surface area (Å²) >= 11 is 0. The molecule has 0 fully saturated rings. The van der Waals surface area contributed by atoms with Gasteiger partial charge in [0.15, 0.2) is 5.78 Å². The third-order valence-corrected chi connectivity index (χ3v) is 2.32. The Morgan fingerprint density at radius 3 is 3.00 bits per heavy atom. The first-order valence-corrected chi connectivity index (χ1v) is 4.57. The van der Waals surface area contributed by atoms with Crippen LogP contribution in [0.4, 0.5) is 0 Å². The first-order chi connectivity index (χ1) is 5.70. The summed E-state index contributed by atoms with van der Waals surface area (Å²) in [6.45, 7) is 4.08. The first-order valence-electron chi connectivity index (χ1n) is 4.57. The number of Topliss-reactive ketones (excluding diaryl/α,β-unsaturated/α-hetero) is 1. The molecule has 0 spiro atoms. The van der Waals surface area contributed by atoms with E-state index in [1.54, 1.807) is 0 Å². The van der Waals surface area contributed by atoms with Crippen molar-refractivity contribution in [2.45, 2.75) is 33.1 Å². The zero-order valence-corrected chi connectivity index (χ0v) is 7.84. The Balaban J connectivity index is 2.67. The van der Waals surface area contributed by atoms with E-state index < -0.39 is 0 Å². The molecule has 1 rings (SSSR count). The largest absolute Gasteiger partial charge is 0.295 e. The van der Waals surface area contributed by atoms with Crippen LogP contribution in [0.15, 0.2) is 23.8 Å². The molecule has 12 heavy (non-hydrogen) atoms. The summed E-state index contributed by atoms with van der Waals surface area (Å²) < 4.78 is 0. The average molecular weight is 164 g/mol. The maximum atomic E-state index is 11.4. The summed E-state index contributed by atoms with van der Waals surface area (Å²) in [5.74, 6) is 0.942. The van der Waals surface area contributed by atoms with Gasteiger partial charge in [-0.3, -0.25) is 4.79 Å². The number of carbonyl (C=O) groups excluding carboxylic acids is 1. The van der Waals surface area contributed by atoms with Crippen molar-refractivity contribution in [1.29, 1.82) is 0 Å². The van der Waals surface area contributed by atoms with Gasteiger partial charge in [-0.15, -0.1) is 0 Å². The van der Waals surface area contributed by atoms with Crippen molar-refractivity contribution in [3.63, 3.8) is 0 Å². The molecule has 0 aliphatic heterocycles. The molecule has 0 aromatic carbocycles. The fraction of sp³-hybridized carbons (Fsp3) is 0.545. The number of allylic oxidation sites excluding steroid dienone is 4. The first kappa shape index (κ1) is 9.24. The van der Waals surface area contributed by atoms with Crippen molar-refractivity contribution in [1.82, 2.24) is 0 Å². The van der Waals surface area contributed by atoms with Crippen molar-refractivity contribution < 1.29 is 4.79 Å². The highest BCUT2D eigenvalue weighted by atomic mass is 16.1.